The fraction of sp³-hybridized carbons (Fsp3) is 0.158. The molecule has 4 rings (SSSR count). The van der Waals surface area contributed by atoms with Crippen molar-refractivity contribution >= 4 is 22.6 Å². The van der Waals surface area contributed by atoms with Crippen LogP contribution in [-0.4, -0.2) is 30.0 Å². The smallest absolute Gasteiger partial charge is 0.244 e. The lowest BCUT2D eigenvalue weighted by Gasteiger charge is -2.09. The highest BCUT2D eigenvalue weighted by molar-refractivity contribution is 5.91. The van der Waals surface area contributed by atoms with E-state index in [0.717, 1.165) is 29.1 Å². The third kappa shape index (κ3) is 3.06. The Labute approximate surface area is 150 Å². The van der Waals surface area contributed by atoms with Crippen molar-refractivity contribution in [3.8, 4) is 5.82 Å². The largest absolute Gasteiger partial charge is 0.323 e. The van der Waals surface area contributed by atoms with Gasteiger partial charge >= 0.3 is 0 Å². The van der Waals surface area contributed by atoms with Gasteiger partial charge in [-0.25, -0.2) is 15.0 Å². The van der Waals surface area contributed by atoms with E-state index >= 15 is 0 Å². The molecule has 0 atom stereocenters. The van der Waals surface area contributed by atoms with Crippen molar-refractivity contribution in [3.63, 3.8) is 0 Å². The van der Waals surface area contributed by atoms with Crippen LogP contribution in [0.4, 0.5) is 5.69 Å². The predicted octanol–water partition coefficient (Wildman–Crippen LogP) is 2.82. The Kier molecular flexibility index (Phi) is 4.18. The third-order valence-corrected chi connectivity index (χ3v) is 4.15. The standard InChI is InChI=1S/C19H18N6O/c1-2-17-23-15-5-3-4-6-16(15)25(17)12-19(26)22-14-7-8-18(21-11-14)24-10-9-20-13-24/h3-11,13H,2,12H2,1H3,(H,22,26). The summed E-state index contributed by atoms with van der Waals surface area (Å²) in [5.41, 5.74) is 2.53. The minimum Gasteiger partial charge on any atom is -0.323 e. The van der Waals surface area contributed by atoms with Gasteiger partial charge in [0.25, 0.3) is 0 Å². The van der Waals surface area contributed by atoms with Crippen molar-refractivity contribution < 1.29 is 4.79 Å². The van der Waals surface area contributed by atoms with E-state index in [9.17, 15) is 4.79 Å². The molecule has 0 fully saturated rings. The van der Waals surface area contributed by atoms with E-state index in [2.05, 4.69) is 20.3 Å². The number of carbonyl (C=O) groups excluding carboxylic acids is 1. The summed E-state index contributed by atoms with van der Waals surface area (Å²) < 4.78 is 3.76. The molecule has 0 spiro atoms. The number of nitrogens with one attached hydrogen (secondary N) is 1. The number of hydrogen-bond donors (Lipinski definition) is 1. The van der Waals surface area contributed by atoms with Gasteiger partial charge in [-0.1, -0.05) is 19.1 Å². The highest BCUT2D eigenvalue weighted by Gasteiger charge is 2.12. The quantitative estimate of drug-likeness (QED) is 0.603. The lowest BCUT2D eigenvalue weighted by Crippen LogP contribution is -2.20. The average Bonchev–Trinajstić information content (AvgIpc) is 3.31. The van der Waals surface area contributed by atoms with E-state index in [1.165, 1.54) is 0 Å². The van der Waals surface area contributed by atoms with Gasteiger partial charge < -0.3 is 9.88 Å². The lowest BCUT2D eigenvalue weighted by molar-refractivity contribution is -0.116. The van der Waals surface area contributed by atoms with E-state index in [1.54, 1.807) is 23.3 Å². The molecule has 4 aromatic rings. The highest BCUT2D eigenvalue weighted by Crippen LogP contribution is 2.17. The van der Waals surface area contributed by atoms with Gasteiger partial charge in [-0.2, -0.15) is 0 Å². The molecule has 0 aliphatic carbocycles. The first-order valence-corrected chi connectivity index (χ1v) is 8.43. The fourth-order valence-electron chi connectivity index (χ4n) is 2.92. The van der Waals surface area contributed by atoms with Crippen LogP contribution in [0.5, 0.6) is 0 Å². The van der Waals surface area contributed by atoms with Gasteiger partial charge in [-0.15, -0.1) is 0 Å². The van der Waals surface area contributed by atoms with E-state index in [1.807, 2.05) is 54.1 Å². The summed E-state index contributed by atoms with van der Waals surface area (Å²) in [5.74, 6) is 1.53. The fourth-order valence-corrected chi connectivity index (χ4v) is 2.92. The first-order chi connectivity index (χ1) is 12.7. The van der Waals surface area contributed by atoms with Crippen molar-refractivity contribution in [1.82, 2.24) is 24.1 Å². The molecule has 1 aromatic carbocycles. The number of carbonyl (C=O) groups is 1. The first-order valence-electron chi connectivity index (χ1n) is 8.43. The summed E-state index contributed by atoms with van der Waals surface area (Å²) in [4.78, 5) is 25.4. The molecule has 0 radical (unpaired) electrons. The van der Waals surface area contributed by atoms with Crippen LogP contribution in [0.15, 0.2) is 61.3 Å². The molecule has 3 heterocycles. The SMILES string of the molecule is CCc1nc2ccccc2n1CC(=O)Nc1ccc(-n2ccnc2)nc1. The maximum atomic E-state index is 12.5. The number of pyridine rings is 1. The Bertz CT molecular complexity index is 1030. The van der Waals surface area contributed by atoms with E-state index in [4.69, 9.17) is 0 Å². The van der Waals surface area contributed by atoms with Crippen LogP contribution in [-0.2, 0) is 17.8 Å². The topological polar surface area (TPSA) is 77.6 Å². The molecular formula is C19H18N6O. The number of aryl methyl sites for hydroxylation is 1. The van der Waals surface area contributed by atoms with Crippen molar-refractivity contribution in [1.29, 1.82) is 0 Å². The van der Waals surface area contributed by atoms with E-state index in [-0.39, 0.29) is 12.5 Å². The monoisotopic (exact) mass is 346 g/mol. The first kappa shape index (κ1) is 16.0. The van der Waals surface area contributed by atoms with Crippen LogP contribution >= 0.6 is 0 Å². The van der Waals surface area contributed by atoms with Crippen molar-refractivity contribution in [2.24, 2.45) is 0 Å². The van der Waals surface area contributed by atoms with Crippen LogP contribution in [0.2, 0.25) is 0 Å². The Morgan fingerprint density at radius 2 is 2.08 bits per heavy atom. The molecule has 26 heavy (non-hydrogen) atoms. The summed E-state index contributed by atoms with van der Waals surface area (Å²) in [6.45, 7) is 2.25. The van der Waals surface area contributed by atoms with Crippen LogP contribution in [0.3, 0.4) is 0 Å². The molecule has 130 valence electrons. The molecule has 0 unspecified atom stereocenters. The zero-order valence-corrected chi connectivity index (χ0v) is 14.3. The molecule has 1 amide bonds. The molecule has 3 aromatic heterocycles. The molecule has 7 heteroatoms. The molecule has 7 nitrogen and oxygen atoms in total. The number of imidazole rings is 2. The zero-order chi connectivity index (χ0) is 17.9. The number of anilines is 1. The molecule has 0 saturated heterocycles. The number of nitrogens with zero attached hydrogens (tertiary/aromatic N) is 5. The number of fused-ring (bicyclic) bond motifs is 1. The summed E-state index contributed by atoms with van der Waals surface area (Å²) >= 11 is 0. The lowest BCUT2D eigenvalue weighted by atomic mass is 10.3. The number of aromatic nitrogens is 5. The second kappa shape index (κ2) is 6.79. The summed E-state index contributed by atoms with van der Waals surface area (Å²) in [7, 11) is 0. The van der Waals surface area contributed by atoms with Gasteiger partial charge in [0.15, 0.2) is 0 Å². The maximum absolute atomic E-state index is 12.5. The summed E-state index contributed by atoms with van der Waals surface area (Å²) in [5, 5.41) is 2.89. The second-order valence-corrected chi connectivity index (χ2v) is 5.88. The van der Waals surface area contributed by atoms with Gasteiger partial charge in [0.2, 0.25) is 5.91 Å². The highest BCUT2D eigenvalue weighted by atomic mass is 16.1. The van der Waals surface area contributed by atoms with E-state index in [0.29, 0.717) is 5.69 Å². The van der Waals surface area contributed by atoms with Gasteiger partial charge in [0.1, 0.15) is 24.5 Å². The molecule has 0 saturated carbocycles. The normalized spacial score (nSPS) is 11.0. The van der Waals surface area contributed by atoms with Gasteiger partial charge in [0.05, 0.1) is 22.9 Å². The predicted molar refractivity (Wildman–Crippen MR) is 99.1 cm³/mol. The minimum absolute atomic E-state index is 0.111. The van der Waals surface area contributed by atoms with Crippen molar-refractivity contribution in [3.05, 3.63) is 67.1 Å². The third-order valence-electron chi connectivity index (χ3n) is 4.15. The van der Waals surface area contributed by atoms with Crippen molar-refractivity contribution in [2.75, 3.05) is 5.32 Å². The summed E-state index contributed by atoms with van der Waals surface area (Å²) in [6.07, 6.45) is 7.59. The Morgan fingerprint density at radius 3 is 2.81 bits per heavy atom. The van der Waals surface area contributed by atoms with Gasteiger partial charge in [0, 0.05) is 18.8 Å². The Morgan fingerprint density at radius 1 is 1.19 bits per heavy atom. The average molecular weight is 346 g/mol. The van der Waals surface area contributed by atoms with Crippen LogP contribution in [0.25, 0.3) is 16.9 Å². The number of amides is 1. The Balaban J connectivity index is 1.51. The number of para-hydroxylation sites is 2. The van der Waals surface area contributed by atoms with Crippen LogP contribution in [0.1, 0.15) is 12.7 Å². The van der Waals surface area contributed by atoms with Gasteiger partial charge in [-0.3, -0.25) is 9.36 Å². The molecule has 0 aliphatic rings. The Hall–Kier alpha value is -3.48. The minimum atomic E-state index is -0.111. The summed E-state index contributed by atoms with van der Waals surface area (Å²) in [6, 6.07) is 11.5. The van der Waals surface area contributed by atoms with Crippen LogP contribution < -0.4 is 5.32 Å². The number of hydrogen-bond acceptors (Lipinski definition) is 4. The number of benzene rings is 1. The molecule has 0 bridgehead atoms. The number of rotatable bonds is 5. The van der Waals surface area contributed by atoms with Crippen LogP contribution in [0, 0.1) is 0 Å². The molecule has 0 aliphatic heterocycles. The zero-order valence-electron chi connectivity index (χ0n) is 14.3. The van der Waals surface area contributed by atoms with Gasteiger partial charge in [-0.05, 0) is 24.3 Å². The second-order valence-electron chi connectivity index (χ2n) is 5.88. The van der Waals surface area contributed by atoms with Crippen molar-refractivity contribution in [2.45, 2.75) is 19.9 Å². The molecule has 1 N–H and O–H groups in total. The maximum Gasteiger partial charge on any atom is 0.244 e. The molecular weight excluding hydrogens is 328 g/mol. The van der Waals surface area contributed by atoms with E-state index < -0.39 is 0 Å².